The van der Waals surface area contributed by atoms with E-state index in [0.717, 1.165) is 22.0 Å². The maximum Gasteiger partial charge on any atom is 0.247 e. The van der Waals surface area contributed by atoms with Gasteiger partial charge in [0.1, 0.15) is 18.0 Å². The third-order valence-corrected chi connectivity index (χ3v) is 6.45. The fraction of sp³-hybridized carbons (Fsp3) is 0.500. The van der Waals surface area contributed by atoms with Crippen LogP contribution in [0.1, 0.15) is 33.1 Å². The van der Waals surface area contributed by atoms with E-state index in [1.165, 1.54) is 0 Å². The second kappa shape index (κ2) is 11.3. The van der Waals surface area contributed by atoms with Gasteiger partial charge in [-0.05, 0) is 73.4 Å². The van der Waals surface area contributed by atoms with Crippen molar-refractivity contribution in [3.05, 3.63) is 51.1 Å². The molecule has 3 atom stereocenters. The number of aliphatic hydroxyl groups is 2. The van der Waals surface area contributed by atoms with Gasteiger partial charge in [0, 0.05) is 31.2 Å². The lowest BCUT2D eigenvalue weighted by atomic mass is 9.88. The van der Waals surface area contributed by atoms with Crippen molar-refractivity contribution in [3.8, 4) is 5.75 Å². The molecule has 3 rings (SSSR count). The molecular formula is C24H31IN2O5. The SMILES string of the molecule is CC(C)=CC(=O)N(CC1CC1)C1CC(C(=O)NCCO)=CC(Oc2ccccc2I)C1O. The molecule has 0 radical (unpaired) electrons. The molecule has 3 unspecified atom stereocenters. The van der Waals surface area contributed by atoms with Gasteiger partial charge in [0.2, 0.25) is 11.8 Å². The van der Waals surface area contributed by atoms with E-state index in [-0.39, 0.29) is 31.4 Å². The lowest BCUT2D eigenvalue weighted by Gasteiger charge is -2.40. The monoisotopic (exact) mass is 554 g/mol. The van der Waals surface area contributed by atoms with Crippen molar-refractivity contribution in [2.24, 2.45) is 5.92 Å². The summed E-state index contributed by atoms with van der Waals surface area (Å²) >= 11 is 2.16. The van der Waals surface area contributed by atoms with Gasteiger partial charge in [0.25, 0.3) is 0 Å². The normalized spacial score (nSPS) is 22.5. The van der Waals surface area contributed by atoms with Gasteiger partial charge < -0.3 is 25.2 Å². The number of hydrogen-bond donors (Lipinski definition) is 3. The topological polar surface area (TPSA) is 99.1 Å². The number of carbonyl (C=O) groups excluding carboxylic acids is 2. The Morgan fingerprint density at radius 2 is 2.00 bits per heavy atom. The predicted molar refractivity (Wildman–Crippen MR) is 130 cm³/mol. The van der Waals surface area contributed by atoms with Crippen LogP contribution in [0.2, 0.25) is 0 Å². The fourth-order valence-corrected chi connectivity index (χ4v) is 4.28. The van der Waals surface area contributed by atoms with Crippen molar-refractivity contribution in [3.63, 3.8) is 0 Å². The average molecular weight is 554 g/mol. The molecule has 1 saturated carbocycles. The highest BCUT2D eigenvalue weighted by Crippen LogP contribution is 2.34. The Kier molecular flexibility index (Phi) is 8.72. The van der Waals surface area contributed by atoms with Crippen LogP contribution in [-0.4, -0.2) is 64.9 Å². The Morgan fingerprint density at radius 1 is 1.28 bits per heavy atom. The van der Waals surface area contributed by atoms with Gasteiger partial charge >= 0.3 is 0 Å². The van der Waals surface area contributed by atoms with Crippen molar-refractivity contribution in [2.45, 2.75) is 51.4 Å². The first kappa shape index (κ1) is 24.7. The minimum Gasteiger partial charge on any atom is -0.482 e. The fourth-order valence-electron chi connectivity index (χ4n) is 3.76. The number of hydrogen-bond acceptors (Lipinski definition) is 5. The van der Waals surface area contributed by atoms with Gasteiger partial charge in [-0.2, -0.15) is 0 Å². The van der Waals surface area contributed by atoms with Crippen LogP contribution < -0.4 is 10.1 Å². The summed E-state index contributed by atoms with van der Waals surface area (Å²) in [5.74, 6) is 0.539. The van der Waals surface area contributed by atoms with Crippen LogP contribution in [0.25, 0.3) is 0 Å². The first-order valence-corrected chi connectivity index (χ1v) is 12.0. The molecule has 174 valence electrons. The highest BCUT2D eigenvalue weighted by Gasteiger charge is 2.41. The standard InChI is InChI=1S/C24H31IN2O5/c1-15(2)11-22(29)27(14-16-7-8-16)19-12-17(24(31)26-9-10-28)13-21(23(19)30)32-20-6-4-3-5-18(20)25/h3-6,11,13,16,19,21,23,28,30H,7-10,12,14H2,1-2H3,(H,26,31). The van der Waals surface area contributed by atoms with Gasteiger partial charge in [-0.25, -0.2) is 0 Å². The van der Waals surface area contributed by atoms with Gasteiger partial charge in [0.05, 0.1) is 16.2 Å². The van der Waals surface area contributed by atoms with Crippen LogP contribution in [0.5, 0.6) is 5.75 Å². The largest absolute Gasteiger partial charge is 0.482 e. The molecule has 0 aliphatic heterocycles. The van der Waals surface area contributed by atoms with E-state index in [9.17, 15) is 14.7 Å². The third-order valence-electron chi connectivity index (χ3n) is 5.56. The van der Waals surface area contributed by atoms with E-state index in [1.54, 1.807) is 17.1 Å². The molecule has 2 amide bonds. The molecule has 0 saturated heterocycles. The Morgan fingerprint density at radius 3 is 2.62 bits per heavy atom. The maximum atomic E-state index is 13.1. The van der Waals surface area contributed by atoms with Crippen molar-refractivity contribution in [2.75, 3.05) is 19.7 Å². The number of aliphatic hydroxyl groups excluding tert-OH is 2. The third kappa shape index (κ3) is 6.55. The predicted octanol–water partition coefficient (Wildman–Crippen LogP) is 2.41. The van der Waals surface area contributed by atoms with Gasteiger partial charge in [0.15, 0.2) is 0 Å². The van der Waals surface area contributed by atoms with E-state index in [0.29, 0.717) is 23.8 Å². The molecule has 8 heteroatoms. The molecule has 1 aromatic carbocycles. The lowest BCUT2D eigenvalue weighted by molar-refractivity contribution is -0.133. The number of nitrogens with zero attached hydrogens (tertiary/aromatic N) is 1. The second-order valence-electron chi connectivity index (χ2n) is 8.60. The second-order valence-corrected chi connectivity index (χ2v) is 9.76. The number of benzene rings is 1. The Hall–Kier alpha value is -1.91. The van der Waals surface area contributed by atoms with Crippen LogP contribution >= 0.6 is 22.6 Å². The Bertz CT molecular complexity index is 892. The minimum absolute atomic E-state index is 0.133. The number of halogens is 1. The molecule has 0 bridgehead atoms. The highest BCUT2D eigenvalue weighted by molar-refractivity contribution is 14.1. The smallest absolute Gasteiger partial charge is 0.247 e. The van der Waals surface area contributed by atoms with E-state index >= 15 is 0 Å². The number of para-hydroxylation sites is 1. The summed E-state index contributed by atoms with van der Waals surface area (Å²) in [6, 6.07) is 6.87. The first-order chi connectivity index (χ1) is 15.3. The number of amides is 2. The number of allylic oxidation sites excluding steroid dienone is 1. The number of rotatable bonds is 9. The van der Waals surface area contributed by atoms with Gasteiger partial charge in [-0.3, -0.25) is 9.59 Å². The summed E-state index contributed by atoms with van der Waals surface area (Å²) in [6.45, 7) is 4.24. The lowest BCUT2D eigenvalue weighted by Crippen LogP contribution is -2.55. The maximum absolute atomic E-state index is 13.1. The summed E-state index contributed by atoms with van der Waals surface area (Å²) in [5, 5.41) is 23.0. The summed E-state index contributed by atoms with van der Waals surface area (Å²) in [4.78, 5) is 27.5. The number of nitrogens with one attached hydrogen (secondary N) is 1. The molecule has 0 aromatic heterocycles. The molecular weight excluding hydrogens is 523 g/mol. The van der Waals surface area contributed by atoms with Crippen LogP contribution in [0.4, 0.5) is 0 Å². The molecule has 2 aliphatic carbocycles. The summed E-state index contributed by atoms with van der Waals surface area (Å²) in [5.41, 5.74) is 1.32. The van der Waals surface area contributed by atoms with Crippen molar-refractivity contribution >= 4 is 34.4 Å². The zero-order valence-electron chi connectivity index (χ0n) is 18.5. The molecule has 1 fully saturated rings. The van der Waals surface area contributed by atoms with E-state index in [1.807, 2.05) is 38.1 Å². The van der Waals surface area contributed by atoms with Crippen LogP contribution in [0.3, 0.4) is 0 Å². The minimum atomic E-state index is -0.992. The zero-order chi connectivity index (χ0) is 23.3. The average Bonchev–Trinajstić information content (AvgIpc) is 3.57. The van der Waals surface area contributed by atoms with E-state index in [2.05, 4.69) is 27.9 Å². The Balaban J connectivity index is 1.92. The molecule has 2 aliphatic rings. The van der Waals surface area contributed by atoms with E-state index < -0.39 is 18.2 Å². The van der Waals surface area contributed by atoms with Crippen LogP contribution in [0, 0.1) is 9.49 Å². The number of ether oxygens (including phenoxy) is 1. The van der Waals surface area contributed by atoms with Gasteiger partial charge in [-0.1, -0.05) is 17.7 Å². The molecule has 7 nitrogen and oxygen atoms in total. The quantitative estimate of drug-likeness (QED) is 0.322. The van der Waals surface area contributed by atoms with Crippen molar-refractivity contribution < 1.29 is 24.5 Å². The summed E-state index contributed by atoms with van der Waals surface area (Å²) in [6.07, 6.45) is 3.77. The highest BCUT2D eigenvalue weighted by atomic mass is 127. The van der Waals surface area contributed by atoms with Gasteiger partial charge in [-0.15, -0.1) is 0 Å². The van der Waals surface area contributed by atoms with E-state index in [4.69, 9.17) is 9.84 Å². The van der Waals surface area contributed by atoms with Crippen LogP contribution in [0.15, 0.2) is 47.6 Å². The zero-order valence-corrected chi connectivity index (χ0v) is 20.6. The van der Waals surface area contributed by atoms with Crippen LogP contribution in [-0.2, 0) is 9.59 Å². The Labute approximate surface area is 202 Å². The number of carbonyl (C=O) groups is 2. The molecule has 0 spiro atoms. The molecule has 1 aromatic rings. The molecule has 3 N–H and O–H groups in total. The van der Waals surface area contributed by atoms with Crippen molar-refractivity contribution in [1.29, 1.82) is 0 Å². The molecule has 0 heterocycles. The summed E-state index contributed by atoms with van der Waals surface area (Å²) < 4.78 is 7.01. The summed E-state index contributed by atoms with van der Waals surface area (Å²) in [7, 11) is 0. The first-order valence-electron chi connectivity index (χ1n) is 10.9. The van der Waals surface area contributed by atoms with Crippen molar-refractivity contribution in [1.82, 2.24) is 10.2 Å². The molecule has 32 heavy (non-hydrogen) atoms.